The quantitative estimate of drug-likeness (QED) is 0.291. The molecule has 1 aliphatic heterocycles. The molecular formula is C27H25N3O2S2. The van der Waals surface area contributed by atoms with Crippen LogP contribution in [-0.4, -0.2) is 16.7 Å². The molecule has 34 heavy (non-hydrogen) atoms. The van der Waals surface area contributed by atoms with Gasteiger partial charge in [-0.1, -0.05) is 35.5 Å². The lowest BCUT2D eigenvalue weighted by molar-refractivity contribution is 0.340. The van der Waals surface area contributed by atoms with Crippen LogP contribution in [0.15, 0.2) is 99.5 Å². The van der Waals surface area contributed by atoms with E-state index in [-0.39, 0.29) is 12.1 Å². The molecule has 2 aromatic carbocycles. The Labute approximate surface area is 209 Å². The van der Waals surface area contributed by atoms with E-state index in [4.69, 9.17) is 21.4 Å². The van der Waals surface area contributed by atoms with Crippen molar-refractivity contribution in [2.45, 2.75) is 35.9 Å². The SMILES string of the molecule is CCOc1ccc(N2C(=S)N[C@@H](c3ccccn3)[C@H]2c2ccc(Sc3ccc(C)cc3)o2)cc1. The standard InChI is InChI=1S/C27H25N3O2S2/c1-3-31-20-11-9-19(10-12-20)30-26(25(29-27(30)33)22-6-4-5-17-28-22)23-15-16-24(32-23)34-21-13-7-18(2)8-14-21/h4-17,25-26H,3H2,1-2H3,(H,29,33)/t25-,26+/m0/s1. The molecule has 0 amide bonds. The summed E-state index contributed by atoms with van der Waals surface area (Å²) in [5.41, 5.74) is 3.11. The van der Waals surface area contributed by atoms with Crippen molar-refractivity contribution >= 4 is 34.8 Å². The summed E-state index contributed by atoms with van der Waals surface area (Å²) in [6, 6.07) is 26.1. The lowest BCUT2D eigenvalue weighted by atomic mass is 10.0. The number of nitrogens with zero attached hydrogens (tertiary/aromatic N) is 2. The van der Waals surface area contributed by atoms with Crippen molar-refractivity contribution in [3.05, 3.63) is 102 Å². The van der Waals surface area contributed by atoms with Crippen LogP contribution in [0.3, 0.4) is 0 Å². The molecule has 172 valence electrons. The summed E-state index contributed by atoms with van der Waals surface area (Å²) in [6.07, 6.45) is 1.80. The van der Waals surface area contributed by atoms with Crippen LogP contribution in [0.2, 0.25) is 0 Å². The molecule has 4 aromatic rings. The molecular weight excluding hydrogens is 462 g/mol. The number of thiocarbonyl (C=S) groups is 1. The van der Waals surface area contributed by atoms with E-state index in [1.54, 1.807) is 18.0 Å². The number of rotatable bonds is 7. The van der Waals surface area contributed by atoms with Gasteiger partial charge in [0.25, 0.3) is 0 Å². The normalized spacial score (nSPS) is 17.6. The Morgan fingerprint density at radius 1 is 1.03 bits per heavy atom. The number of aryl methyl sites for hydroxylation is 1. The summed E-state index contributed by atoms with van der Waals surface area (Å²) in [5.74, 6) is 1.66. The van der Waals surface area contributed by atoms with E-state index in [2.05, 4.69) is 46.4 Å². The number of hydrogen-bond acceptors (Lipinski definition) is 5. The van der Waals surface area contributed by atoms with Gasteiger partial charge in [0.2, 0.25) is 0 Å². The zero-order valence-corrected chi connectivity index (χ0v) is 20.6. The van der Waals surface area contributed by atoms with Crippen molar-refractivity contribution in [3.8, 4) is 5.75 Å². The van der Waals surface area contributed by atoms with Gasteiger partial charge in [0.15, 0.2) is 10.2 Å². The first-order chi connectivity index (χ1) is 16.6. The van der Waals surface area contributed by atoms with E-state index in [0.717, 1.165) is 32.9 Å². The van der Waals surface area contributed by atoms with Crippen LogP contribution in [0.5, 0.6) is 5.75 Å². The van der Waals surface area contributed by atoms with Crippen molar-refractivity contribution < 1.29 is 9.15 Å². The first-order valence-corrected chi connectivity index (χ1v) is 12.4. The predicted octanol–water partition coefficient (Wildman–Crippen LogP) is 6.71. The maximum absolute atomic E-state index is 6.39. The number of nitrogens with one attached hydrogen (secondary N) is 1. The average Bonchev–Trinajstić information content (AvgIpc) is 3.46. The van der Waals surface area contributed by atoms with Gasteiger partial charge in [0.1, 0.15) is 17.6 Å². The Balaban J connectivity index is 1.50. The number of hydrogen-bond donors (Lipinski definition) is 1. The molecule has 2 atom stereocenters. The lowest BCUT2D eigenvalue weighted by Crippen LogP contribution is -2.29. The Morgan fingerprint density at radius 2 is 1.82 bits per heavy atom. The molecule has 2 aromatic heterocycles. The van der Waals surface area contributed by atoms with Crippen molar-refractivity contribution in [2.75, 3.05) is 11.5 Å². The molecule has 5 nitrogen and oxygen atoms in total. The molecule has 3 heterocycles. The Kier molecular flexibility index (Phi) is 6.56. The van der Waals surface area contributed by atoms with Gasteiger partial charge < -0.3 is 19.4 Å². The minimum Gasteiger partial charge on any atom is -0.494 e. The third-order valence-electron chi connectivity index (χ3n) is 5.66. The zero-order chi connectivity index (χ0) is 23.5. The highest BCUT2D eigenvalue weighted by Crippen LogP contribution is 2.43. The van der Waals surface area contributed by atoms with Gasteiger partial charge in [0.05, 0.1) is 18.3 Å². The second kappa shape index (κ2) is 9.91. The molecule has 0 bridgehead atoms. The summed E-state index contributed by atoms with van der Waals surface area (Å²) in [6.45, 7) is 4.69. The Bertz CT molecular complexity index is 1260. The van der Waals surface area contributed by atoms with Crippen molar-refractivity contribution in [3.63, 3.8) is 0 Å². The second-order valence-electron chi connectivity index (χ2n) is 8.00. The van der Waals surface area contributed by atoms with Gasteiger partial charge in [-0.05, 0) is 86.7 Å². The maximum atomic E-state index is 6.39. The van der Waals surface area contributed by atoms with Crippen LogP contribution in [0.1, 0.15) is 36.0 Å². The van der Waals surface area contributed by atoms with Gasteiger partial charge >= 0.3 is 0 Å². The van der Waals surface area contributed by atoms with E-state index in [1.807, 2.05) is 61.5 Å². The van der Waals surface area contributed by atoms with Crippen LogP contribution in [-0.2, 0) is 0 Å². The van der Waals surface area contributed by atoms with Gasteiger partial charge in [-0.25, -0.2) is 0 Å². The van der Waals surface area contributed by atoms with E-state index in [1.165, 1.54) is 5.56 Å². The third-order valence-corrected chi connectivity index (χ3v) is 6.90. The van der Waals surface area contributed by atoms with Crippen LogP contribution in [0, 0.1) is 6.92 Å². The fourth-order valence-electron chi connectivity index (χ4n) is 4.06. The minimum atomic E-state index is -0.187. The molecule has 0 spiro atoms. The van der Waals surface area contributed by atoms with Crippen molar-refractivity contribution in [1.82, 2.24) is 10.3 Å². The Morgan fingerprint density at radius 3 is 2.53 bits per heavy atom. The van der Waals surface area contributed by atoms with Crippen LogP contribution in [0.4, 0.5) is 5.69 Å². The molecule has 0 unspecified atom stereocenters. The number of anilines is 1. The van der Waals surface area contributed by atoms with Gasteiger partial charge in [-0.3, -0.25) is 4.98 Å². The van der Waals surface area contributed by atoms with E-state index in [9.17, 15) is 0 Å². The highest BCUT2D eigenvalue weighted by atomic mass is 32.2. The van der Waals surface area contributed by atoms with Crippen LogP contribution in [0.25, 0.3) is 0 Å². The minimum absolute atomic E-state index is 0.149. The topological polar surface area (TPSA) is 50.5 Å². The van der Waals surface area contributed by atoms with E-state index >= 15 is 0 Å². The second-order valence-corrected chi connectivity index (χ2v) is 9.46. The van der Waals surface area contributed by atoms with Crippen molar-refractivity contribution in [1.29, 1.82) is 0 Å². The number of ether oxygens (including phenoxy) is 1. The average molecular weight is 488 g/mol. The number of aromatic nitrogens is 1. The molecule has 1 N–H and O–H groups in total. The summed E-state index contributed by atoms with van der Waals surface area (Å²) in [4.78, 5) is 7.84. The first-order valence-electron chi connectivity index (χ1n) is 11.2. The molecule has 1 fully saturated rings. The van der Waals surface area contributed by atoms with Gasteiger partial charge in [0, 0.05) is 16.8 Å². The third kappa shape index (κ3) is 4.67. The molecule has 0 radical (unpaired) electrons. The number of pyridine rings is 1. The van der Waals surface area contributed by atoms with Crippen LogP contribution < -0.4 is 15.0 Å². The Hall–Kier alpha value is -3.29. The van der Waals surface area contributed by atoms with Gasteiger partial charge in [-0.15, -0.1) is 0 Å². The molecule has 1 saturated heterocycles. The van der Waals surface area contributed by atoms with E-state index < -0.39 is 0 Å². The lowest BCUT2D eigenvalue weighted by Gasteiger charge is -2.26. The monoisotopic (exact) mass is 487 g/mol. The molecule has 0 aliphatic carbocycles. The van der Waals surface area contributed by atoms with E-state index in [0.29, 0.717) is 11.7 Å². The first kappa shape index (κ1) is 22.5. The summed E-state index contributed by atoms with van der Waals surface area (Å²) >= 11 is 7.40. The number of benzene rings is 2. The van der Waals surface area contributed by atoms with Crippen LogP contribution >= 0.6 is 24.0 Å². The van der Waals surface area contributed by atoms with Crippen molar-refractivity contribution in [2.24, 2.45) is 0 Å². The highest BCUT2D eigenvalue weighted by molar-refractivity contribution is 7.99. The highest BCUT2D eigenvalue weighted by Gasteiger charge is 2.42. The maximum Gasteiger partial charge on any atom is 0.174 e. The molecule has 1 aliphatic rings. The zero-order valence-electron chi connectivity index (χ0n) is 19.0. The fourth-order valence-corrected chi connectivity index (χ4v) is 5.19. The fraction of sp³-hybridized carbons (Fsp3) is 0.185. The summed E-state index contributed by atoms with van der Waals surface area (Å²) < 4.78 is 12.0. The summed E-state index contributed by atoms with van der Waals surface area (Å²) in [5, 5.41) is 4.94. The smallest absolute Gasteiger partial charge is 0.174 e. The summed E-state index contributed by atoms with van der Waals surface area (Å²) in [7, 11) is 0. The molecule has 5 rings (SSSR count). The number of furan rings is 1. The predicted molar refractivity (Wildman–Crippen MR) is 140 cm³/mol. The molecule has 0 saturated carbocycles. The molecule has 7 heteroatoms. The largest absolute Gasteiger partial charge is 0.494 e. The van der Waals surface area contributed by atoms with Gasteiger partial charge in [-0.2, -0.15) is 0 Å².